The van der Waals surface area contributed by atoms with E-state index in [2.05, 4.69) is 15.4 Å². The predicted molar refractivity (Wildman–Crippen MR) is 64.2 cm³/mol. The molecule has 0 aromatic carbocycles. The minimum absolute atomic E-state index is 0.0798. The molecule has 19 heavy (non-hydrogen) atoms. The molecule has 8 heteroatoms. The normalized spacial score (nSPS) is 11.6. The van der Waals surface area contributed by atoms with Crippen molar-refractivity contribution < 1.29 is 13.2 Å². The number of anilines is 2. The summed E-state index contributed by atoms with van der Waals surface area (Å²) in [6.45, 7) is 0.321. The van der Waals surface area contributed by atoms with Crippen molar-refractivity contribution in [3.63, 3.8) is 0 Å². The van der Waals surface area contributed by atoms with Gasteiger partial charge < -0.3 is 11.1 Å². The molecule has 0 bridgehead atoms. The fourth-order valence-electron chi connectivity index (χ4n) is 1.56. The number of nitrogen functional groups attached to an aromatic ring is 1. The number of hydrogen-bond acceptors (Lipinski definition) is 4. The lowest BCUT2D eigenvalue weighted by Gasteiger charge is -2.10. The number of hydrogen-bond donors (Lipinski definition) is 2. The summed E-state index contributed by atoms with van der Waals surface area (Å²) < 4.78 is 39.4. The van der Waals surface area contributed by atoms with Gasteiger partial charge in [0.05, 0.1) is 11.8 Å². The number of rotatable bonds is 3. The zero-order chi connectivity index (χ0) is 14.0. The standard InChI is InChI=1S/C11H12F3N5/c1-19-6-7(5-17-19)4-16-10-3-8(11(12,13)14)2-9(15)18-10/h2-3,5-6H,4H2,1H3,(H3,15,16,18). The second-order valence-corrected chi connectivity index (χ2v) is 4.04. The zero-order valence-corrected chi connectivity index (χ0v) is 10.1. The van der Waals surface area contributed by atoms with E-state index in [9.17, 15) is 13.2 Å². The molecule has 0 saturated heterocycles. The average molecular weight is 271 g/mol. The van der Waals surface area contributed by atoms with Crippen molar-refractivity contribution in [1.82, 2.24) is 14.8 Å². The van der Waals surface area contributed by atoms with Gasteiger partial charge in [-0.25, -0.2) is 4.98 Å². The lowest BCUT2D eigenvalue weighted by Crippen LogP contribution is -2.09. The number of alkyl halides is 3. The first kappa shape index (κ1) is 13.2. The Bertz CT molecular complexity index is 576. The molecule has 0 saturated carbocycles. The summed E-state index contributed by atoms with van der Waals surface area (Å²) >= 11 is 0. The van der Waals surface area contributed by atoms with E-state index in [1.165, 1.54) is 0 Å². The third-order valence-electron chi connectivity index (χ3n) is 2.40. The third kappa shape index (κ3) is 3.36. The SMILES string of the molecule is Cn1cc(CNc2cc(C(F)(F)F)cc(N)n2)cn1. The Morgan fingerprint density at radius 1 is 1.37 bits per heavy atom. The molecule has 2 rings (SSSR count). The highest BCUT2D eigenvalue weighted by atomic mass is 19.4. The Hall–Kier alpha value is -2.25. The van der Waals surface area contributed by atoms with E-state index in [4.69, 9.17) is 5.73 Å². The molecule has 0 atom stereocenters. The monoisotopic (exact) mass is 271 g/mol. The van der Waals surface area contributed by atoms with Crippen molar-refractivity contribution in [2.45, 2.75) is 12.7 Å². The Labute approximate surface area is 107 Å². The molecule has 5 nitrogen and oxygen atoms in total. The van der Waals surface area contributed by atoms with Crippen LogP contribution in [0.2, 0.25) is 0 Å². The van der Waals surface area contributed by atoms with E-state index >= 15 is 0 Å². The number of aryl methyl sites for hydroxylation is 1. The van der Waals surface area contributed by atoms with E-state index in [0.29, 0.717) is 6.54 Å². The highest BCUT2D eigenvalue weighted by Gasteiger charge is 2.31. The minimum atomic E-state index is -4.44. The summed E-state index contributed by atoms with van der Waals surface area (Å²) in [7, 11) is 1.75. The number of aromatic nitrogens is 3. The van der Waals surface area contributed by atoms with E-state index in [0.717, 1.165) is 17.7 Å². The summed E-state index contributed by atoms with van der Waals surface area (Å²) in [4.78, 5) is 3.81. The molecular weight excluding hydrogens is 259 g/mol. The number of halogens is 3. The van der Waals surface area contributed by atoms with Crippen LogP contribution in [0.25, 0.3) is 0 Å². The maximum absolute atomic E-state index is 12.6. The molecule has 102 valence electrons. The molecule has 0 amide bonds. The Morgan fingerprint density at radius 2 is 2.11 bits per heavy atom. The molecule has 0 unspecified atom stereocenters. The summed E-state index contributed by atoms with van der Waals surface area (Å²) in [5.74, 6) is -0.0975. The van der Waals surface area contributed by atoms with Crippen molar-refractivity contribution in [2.75, 3.05) is 11.1 Å². The van der Waals surface area contributed by atoms with Crippen LogP contribution in [0, 0.1) is 0 Å². The van der Waals surface area contributed by atoms with Gasteiger partial charge in [0.1, 0.15) is 11.6 Å². The van der Waals surface area contributed by atoms with Crippen molar-refractivity contribution in [3.05, 3.63) is 35.7 Å². The quantitative estimate of drug-likeness (QED) is 0.896. The van der Waals surface area contributed by atoms with Gasteiger partial charge in [0.25, 0.3) is 0 Å². The molecule has 0 fully saturated rings. The fourth-order valence-corrected chi connectivity index (χ4v) is 1.56. The van der Waals surface area contributed by atoms with Gasteiger partial charge in [-0.15, -0.1) is 0 Å². The van der Waals surface area contributed by atoms with E-state index < -0.39 is 11.7 Å². The topological polar surface area (TPSA) is 68.8 Å². The van der Waals surface area contributed by atoms with Gasteiger partial charge in [-0.05, 0) is 12.1 Å². The maximum atomic E-state index is 12.6. The lowest BCUT2D eigenvalue weighted by atomic mass is 10.2. The van der Waals surface area contributed by atoms with Crippen molar-refractivity contribution in [3.8, 4) is 0 Å². The Balaban J connectivity index is 2.14. The van der Waals surface area contributed by atoms with Crippen molar-refractivity contribution in [1.29, 1.82) is 0 Å². The predicted octanol–water partition coefficient (Wildman–Crippen LogP) is 2.03. The first-order valence-electron chi connectivity index (χ1n) is 5.41. The molecule has 0 spiro atoms. The summed E-state index contributed by atoms with van der Waals surface area (Å²) in [5.41, 5.74) is 5.37. The first-order chi connectivity index (χ1) is 8.84. The van der Waals surface area contributed by atoms with Crippen LogP contribution >= 0.6 is 0 Å². The van der Waals surface area contributed by atoms with Gasteiger partial charge in [0.15, 0.2) is 0 Å². The summed E-state index contributed by atoms with van der Waals surface area (Å²) in [5, 5.41) is 6.74. The second kappa shape index (κ2) is 4.79. The minimum Gasteiger partial charge on any atom is -0.384 e. The van der Waals surface area contributed by atoms with Crippen LogP contribution in [0.15, 0.2) is 24.5 Å². The average Bonchev–Trinajstić information content (AvgIpc) is 2.71. The molecule has 0 aliphatic carbocycles. The van der Waals surface area contributed by atoms with E-state index in [1.807, 2.05) is 0 Å². The van der Waals surface area contributed by atoms with Gasteiger partial charge in [-0.1, -0.05) is 0 Å². The highest BCUT2D eigenvalue weighted by molar-refractivity contribution is 5.47. The number of nitrogens with one attached hydrogen (secondary N) is 1. The van der Waals surface area contributed by atoms with E-state index in [1.54, 1.807) is 24.1 Å². The third-order valence-corrected chi connectivity index (χ3v) is 2.40. The number of nitrogens with zero attached hydrogens (tertiary/aromatic N) is 3. The Morgan fingerprint density at radius 3 is 2.68 bits per heavy atom. The van der Waals surface area contributed by atoms with Crippen LogP contribution in [-0.2, 0) is 19.8 Å². The second-order valence-electron chi connectivity index (χ2n) is 4.04. The smallest absolute Gasteiger partial charge is 0.384 e. The molecule has 3 N–H and O–H groups in total. The van der Waals surface area contributed by atoms with Crippen LogP contribution < -0.4 is 11.1 Å². The van der Waals surface area contributed by atoms with Crippen molar-refractivity contribution >= 4 is 11.6 Å². The van der Waals surface area contributed by atoms with Crippen molar-refractivity contribution in [2.24, 2.45) is 7.05 Å². The maximum Gasteiger partial charge on any atom is 0.416 e. The largest absolute Gasteiger partial charge is 0.416 e. The first-order valence-corrected chi connectivity index (χ1v) is 5.41. The van der Waals surface area contributed by atoms with Gasteiger partial charge in [0.2, 0.25) is 0 Å². The molecule has 0 aliphatic rings. The molecule has 0 radical (unpaired) electrons. The summed E-state index contributed by atoms with van der Waals surface area (Å²) in [6, 6.07) is 1.72. The zero-order valence-electron chi connectivity index (χ0n) is 10.1. The molecule has 2 aromatic rings. The highest BCUT2D eigenvalue weighted by Crippen LogP contribution is 2.31. The van der Waals surface area contributed by atoms with Gasteiger partial charge in [0, 0.05) is 25.4 Å². The van der Waals surface area contributed by atoms with Crippen LogP contribution in [-0.4, -0.2) is 14.8 Å². The molecule has 2 aromatic heterocycles. The summed E-state index contributed by atoms with van der Waals surface area (Å²) in [6.07, 6.45) is -1.07. The van der Waals surface area contributed by atoms with Crippen LogP contribution in [0.1, 0.15) is 11.1 Å². The lowest BCUT2D eigenvalue weighted by molar-refractivity contribution is -0.137. The van der Waals surface area contributed by atoms with Gasteiger partial charge >= 0.3 is 6.18 Å². The molecule has 2 heterocycles. The van der Waals surface area contributed by atoms with Crippen LogP contribution in [0.4, 0.5) is 24.8 Å². The number of pyridine rings is 1. The Kier molecular flexibility index (Phi) is 3.32. The molecular formula is C11H12F3N5. The fraction of sp³-hybridized carbons (Fsp3) is 0.273. The van der Waals surface area contributed by atoms with Gasteiger partial charge in [-0.2, -0.15) is 18.3 Å². The van der Waals surface area contributed by atoms with Crippen LogP contribution in [0.3, 0.4) is 0 Å². The van der Waals surface area contributed by atoms with Gasteiger partial charge in [-0.3, -0.25) is 4.68 Å². The van der Waals surface area contributed by atoms with E-state index in [-0.39, 0.29) is 11.6 Å². The van der Waals surface area contributed by atoms with Crippen LogP contribution in [0.5, 0.6) is 0 Å². The number of nitrogens with two attached hydrogens (primary N) is 1. The molecule has 0 aliphatic heterocycles.